The molecule has 0 saturated carbocycles. The summed E-state index contributed by atoms with van der Waals surface area (Å²) in [7, 11) is 0. The first-order valence-corrected chi connectivity index (χ1v) is 13.0. The molecule has 1 amide bonds. The summed E-state index contributed by atoms with van der Waals surface area (Å²) >= 11 is 0. The molecular formula is C27H29F3N6O4. The lowest BCUT2D eigenvalue weighted by Gasteiger charge is -2.42. The maximum atomic E-state index is 13.9. The van der Waals surface area contributed by atoms with Crippen LogP contribution in [0.25, 0.3) is 0 Å². The molecule has 5 heterocycles. The van der Waals surface area contributed by atoms with E-state index in [4.69, 9.17) is 19.2 Å². The summed E-state index contributed by atoms with van der Waals surface area (Å²) in [6.07, 6.45) is 0.564. The Bertz CT molecular complexity index is 1380. The van der Waals surface area contributed by atoms with Gasteiger partial charge < -0.3 is 35.1 Å². The Hall–Kier alpha value is -3.84. The summed E-state index contributed by atoms with van der Waals surface area (Å²) < 4.78 is 58.0. The molecule has 212 valence electrons. The van der Waals surface area contributed by atoms with Gasteiger partial charge in [0.05, 0.1) is 42.0 Å². The quantitative estimate of drug-likeness (QED) is 0.497. The van der Waals surface area contributed by atoms with Crippen molar-refractivity contribution in [2.75, 3.05) is 31.6 Å². The minimum absolute atomic E-state index is 0.0536. The van der Waals surface area contributed by atoms with Crippen LogP contribution in [0.15, 0.2) is 59.6 Å². The van der Waals surface area contributed by atoms with Crippen molar-refractivity contribution in [3.05, 3.63) is 65.7 Å². The van der Waals surface area contributed by atoms with Crippen LogP contribution in [0, 0.1) is 0 Å². The van der Waals surface area contributed by atoms with E-state index >= 15 is 0 Å². The van der Waals surface area contributed by atoms with Gasteiger partial charge >= 0.3 is 6.18 Å². The second-order valence-corrected chi connectivity index (χ2v) is 10.6. The van der Waals surface area contributed by atoms with E-state index in [0.717, 1.165) is 37.3 Å². The molecule has 10 nitrogen and oxygen atoms in total. The Balaban J connectivity index is 1.27. The molecule has 1 aromatic carbocycles. The van der Waals surface area contributed by atoms with Gasteiger partial charge in [0.2, 0.25) is 5.66 Å². The molecule has 4 aliphatic rings. The van der Waals surface area contributed by atoms with E-state index in [2.05, 4.69) is 25.8 Å². The summed E-state index contributed by atoms with van der Waals surface area (Å²) in [6, 6.07) is 6.30. The molecule has 40 heavy (non-hydrogen) atoms. The number of carbonyl (C=O) groups is 1. The molecule has 1 aromatic heterocycles. The number of pyridine rings is 1. The van der Waals surface area contributed by atoms with E-state index in [1.165, 1.54) is 24.5 Å². The van der Waals surface area contributed by atoms with E-state index in [9.17, 15) is 18.0 Å². The predicted molar refractivity (Wildman–Crippen MR) is 138 cm³/mol. The number of amides is 1. The minimum Gasteiger partial charge on any atom is -0.489 e. The largest absolute Gasteiger partial charge is 0.489 e. The third-order valence-corrected chi connectivity index (χ3v) is 7.23. The van der Waals surface area contributed by atoms with Crippen LogP contribution in [-0.4, -0.2) is 65.9 Å². The standard InChI is InChI=1S/C27H29F3N6O4/c1-25(2)39-15-21(40-25)14-38-20-9-19(10-31-11-20)34-24(37)26(16-4-3-5-17(8-16)27(28,29)30)32-12-22-23(35-26)33-18-6-7-36(22)13-18/h3-5,8-12,18,21,32H,6-7,13-15H2,1-2H3,(H,33,35)(H,34,37)/t18-,21+,26?/m0/s1. The fraction of sp³-hybridized carbons (Fsp3) is 0.444. The Morgan fingerprint density at radius 2 is 2.12 bits per heavy atom. The van der Waals surface area contributed by atoms with Gasteiger partial charge in [-0.25, -0.2) is 0 Å². The van der Waals surface area contributed by atoms with E-state index < -0.39 is 29.1 Å². The predicted octanol–water partition coefficient (Wildman–Crippen LogP) is 2.94. The van der Waals surface area contributed by atoms with E-state index in [0.29, 0.717) is 23.9 Å². The van der Waals surface area contributed by atoms with Crippen LogP contribution in [0.5, 0.6) is 5.75 Å². The molecule has 3 N–H and O–H groups in total. The van der Waals surface area contributed by atoms with Crippen molar-refractivity contribution in [2.45, 2.75) is 50.0 Å². The SMILES string of the molecule is CC1(C)OC[C@@H](COc2cncc(NC(=O)C3(c4cccc(C(F)(F)F)c4)NC=C4C(=N[C@H]5CCN4C5)N3)c2)O1. The molecular weight excluding hydrogens is 529 g/mol. The number of anilines is 1. The van der Waals surface area contributed by atoms with Crippen LogP contribution < -0.4 is 20.7 Å². The average Bonchev–Trinajstić information content (AvgIpc) is 3.48. The summed E-state index contributed by atoms with van der Waals surface area (Å²) in [5.74, 6) is -0.497. The Morgan fingerprint density at radius 1 is 1.27 bits per heavy atom. The van der Waals surface area contributed by atoms with Crippen molar-refractivity contribution >= 4 is 17.4 Å². The lowest BCUT2D eigenvalue weighted by Crippen LogP contribution is -2.65. The van der Waals surface area contributed by atoms with Gasteiger partial charge in [-0.1, -0.05) is 12.1 Å². The lowest BCUT2D eigenvalue weighted by atomic mass is 9.94. The molecule has 1 unspecified atom stereocenters. The second-order valence-electron chi connectivity index (χ2n) is 10.6. The molecule has 3 atom stereocenters. The monoisotopic (exact) mass is 558 g/mol. The van der Waals surface area contributed by atoms with Gasteiger partial charge in [-0.2, -0.15) is 13.2 Å². The van der Waals surface area contributed by atoms with Gasteiger partial charge in [0.25, 0.3) is 5.91 Å². The number of alkyl halides is 3. The molecule has 0 aliphatic carbocycles. The van der Waals surface area contributed by atoms with Crippen molar-refractivity contribution in [2.24, 2.45) is 4.99 Å². The number of fused-ring (bicyclic) bond motifs is 4. The summed E-state index contributed by atoms with van der Waals surface area (Å²) in [5, 5.41) is 8.98. The number of ether oxygens (including phenoxy) is 3. The number of nitrogens with one attached hydrogen (secondary N) is 3. The van der Waals surface area contributed by atoms with Crippen LogP contribution >= 0.6 is 0 Å². The van der Waals surface area contributed by atoms with Gasteiger partial charge in [0.15, 0.2) is 5.79 Å². The zero-order valence-electron chi connectivity index (χ0n) is 21.9. The molecule has 4 aliphatic heterocycles. The maximum absolute atomic E-state index is 13.9. The third-order valence-electron chi connectivity index (χ3n) is 7.23. The minimum atomic E-state index is -4.59. The van der Waals surface area contributed by atoms with Gasteiger partial charge in [0, 0.05) is 30.9 Å². The van der Waals surface area contributed by atoms with Crippen LogP contribution in [-0.2, 0) is 26.1 Å². The van der Waals surface area contributed by atoms with Gasteiger partial charge in [-0.15, -0.1) is 0 Å². The number of hydrogen-bond acceptors (Lipinski definition) is 9. The first kappa shape index (κ1) is 26.4. The maximum Gasteiger partial charge on any atom is 0.416 e. The van der Waals surface area contributed by atoms with Crippen molar-refractivity contribution in [3.63, 3.8) is 0 Å². The number of nitrogens with zero attached hydrogens (tertiary/aromatic N) is 3. The number of hydrogen-bond donors (Lipinski definition) is 3. The van der Waals surface area contributed by atoms with Crippen LogP contribution in [0.1, 0.15) is 31.4 Å². The fourth-order valence-corrected chi connectivity index (χ4v) is 5.27. The average molecular weight is 559 g/mol. The third kappa shape index (κ3) is 5.06. The number of benzene rings is 1. The van der Waals surface area contributed by atoms with Gasteiger partial charge in [-0.3, -0.25) is 14.8 Å². The van der Waals surface area contributed by atoms with E-state index in [1.54, 1.807) is 12.3 Å². The van der Waals surface area contributed by atoms with Crippen LogP contribution in [0.2, 0.25) is 0 Å². The summed E-state index contributed by atoms with van der Waals surface area (Å²) in [4.78, 5) is 24.9. The second kappa shape index (κ2) is 9.66. The number of aliphatic imine (C=N–C) groups is 1. The zero-order valence-corrected chi connectivity index (χ0v) is 21.9. The molecule has 2 bridgehead atoms. The highest BCUT2D eigenvalue weighted by Gasteiger charge is 2.47. The Labute approximate surface area is 228 Å². The Morgan fingerprint density at radius 3 is 2.90 bits per heavy atom. The van der Waals surface area contributed by atoms with Crippen molar-refractivity contribution in [1.82, 2.24) is 20.5 Å². The Kier molecular flexibility index (Phi) is 6.37. The lowest BCUT2D eigenvalue weighted by molar-refractivity contribution is -0.141. The van der Waals surface area contributed by atoms with Gasteiger partial charge in [-0.05, 0) is 32.4 Å². The molecule has 2 saturated heterocycles. The summed E-state index contributed by atoms with van der Waals surface area (Å²) in [5.41, 5.74) is -1.51. The van der Waals surface area contributed by atoms with E-state index in [-0.39, 0.29) is 24.3 Å². The number of carbonyl (C=O) groups excluding carboxylic acids is 1. The van der Waals surface area contributed by atoms with Crippen molar-refractivity contribution < 1.29 is 32.2 Å². The number of amidine groups is 1. The highest BCUT2D eigenvalue weighted by atomic mass is 19.4. The number of rotatable bonds is 6. The highest BCUT2D eigenvalue weighted by molar-refractivity contribution is 6.07. The van der Waals surface area contributed by atoms with Crippen molar-refractivity contribution in [1.29, 1.82) is 0 Å². The molecule has 0 spiro atoms. The first-order chi connectivity index (χ1) is 19.0. The van der Waals surface area contributed by atoms with E-state index in [1.807, 2.05) is 13.8 Å². The topological polar surface area (TPSA) is 109 Å². The zero-order chi connectivity index (χ0) is 28.1. The van der Waals surface area contributed by atoms with Crippen LogP contribution in [0.4, 0.5) is 18.9 Å². The number of aromatic nitrogens is 1. The highest BCUT2D eigenvalue weighted by Crippen LogP contribution is 2.35. The molecule has 13 heteroatoms. The number of halogens is 3. The smallest absolute Gasteiger partial charge is 0.416 e. The summed E-state index contributed by atoms with van der Waals surface area (Å²) in [6.45, 7) is 5.80. The van der Waals surface area contributed by atoms with Crippen molar-refractivity contribution in [3.8, 4) is 5.75 Å². The molecule has 2 fully saturated rings. The normalized spacial score (nSPS) is 26.7. The first-order valence-electron chi connectivity index (χ1n) is 13.0. The van der Waals surface area contributed by atoms with Gasteiger partial charge in [0.1, 0.15) is 24.3 Å². The molecule has 6 rings (SSSR count). The van der Waals surface area contributed by atoms with Crippen LogP contribution in [0.3, 0.4) is 0 Å². The molecule has 2 aromatic rings. The fourth-order valence-electron chi connectivity index (χ4n) is 5.27. The molecule has 0 radical (unpaired) electrons.